The van der Waals surface area contributed by atoms with Crippen molar-refractivity contribution in [3.63, 3.8) is 0 Å². The first kappa shape index (κ1) is 15.0. The van der Waals surface area contributed by atoms with Gasteiger partial charge < -0.3 is 9.52 Å². The maximum Gasteiger partial charge on any atom is 0.297 e. The quantitative estimate of drug-likeness (QED) is 0.903. The van der Waals surface area contributed by atoms with E-state index in [9.17, 15) is 8.42 Å². The van der Waals surface area contributed by atoms with Crippen LogP contribution in [0.15, 0.2) is 27.0 Å². The van der Waals surface area contributed by atoms with Crippen LogP contribution in [0.1, 0.15) is 32.2 Å². The Morgan fingerprint density at radius 1 is 1.40 bits per heavy atom. The molecule has 0 aliphatic heterocycles. The number of aliphatic hydroxyl groups is 1. The third-order valence-electron chi connectivity index (χ3n) is 2.55. The molecule has 0 aliphatic rings. The number of aromatic nitrogens is 1. The van der Waals surface area contributed by atoms with Gasteiger partial charge in [0.15, 0.2) is 5.13 Å². The second-order valence-corrected chi connectivity index (χ2v) is 7.74. The van der Waals surface area contributed by atoms with Gasteiger partial charge in [-0.25, -0.2) is 4.98 Å². The van der Waals surface area contributed by atoms with E-state index < -0.39 is 10.0 Å². The first-order valence-electron chi connectivity index (χ1n) is 5.91. The van der Waals surface area contributed by atoms with Gasteiger partial charge in [-0.2, -0.15) is 8.42 Å². The average molecular weight is 316 g/mol. The first-order valence-corrected chi connectivity index (χ1v) is 8.27. The molecular formula is C12H16N2O4S2. The molecule has 2 rings (SSSR count). The van der Waals surface area contributed by atoms with Crippen LogP contribution in [-0.4, -0.2) is 18.5 Å². The van der Waals surface area contributed by atoms with Crippen molar-refractivity contribution in [2.24, 2.45) is 0 Å². The van der Waals surface area contributed by atoms with Gasteiger partial charge in [-0.15, -0.1) is 11.3 Å². The Kier molecular flexibility index (Phi) is 3.90. The van der Waals surface area contributed by atoms with Crippen molar-refractivity contribution in [2.75, 3.05) is 4.72 Å². The molecule has 0 aliphatic carbocycles. The summed E-state index contributed by atoms with van der Waals surface area (Å²) in [5, 5.41) is 10.7. The summed E-state index contributed by atoms with van der Waals surface area (Å²) in [6.07, 6.45) is 0. The summed E-state index contributed by atoms with van der Waals surface area (Å²) < 4.78 is 31.5. The average Bonchev–Trinajstić information content (AvgIpc) is 2.95. The van der Waals surface area contributed by atoms with Crippen LogP contribution in [0.25, 0.3) is 0 Å². The van der Waals surface area contributed by atoms with E-state index in [-0.39, 0.29) is 28.0 Å². The van der Waals surface area contributed by atoms with Crippen LogP contribution >= 0.6 is 11.3 Å². The van der Waals surface area contributed by atoms with Crippen molar-refractivity contribution in [1.29, 1.82) is 0 Å². The van der Waals surface area contributed by atoms with E-state index in [1.807, 2.05) is 26.2 Å². The number of aliphatic hydroxyl groups excluding tert-OH is 1. The minimum absolute atomic E-state index is 0.144. The maximum atomic E-state index is 12.1. The van der Waals surface area contributed by atoms with Crippen LogP contribution in [0.4, 0.5) is 5.13 Å². The number of sulfonamides is 1. The van der Waals surface area contributed by atoms with Crippen molar-refractivity contribution in [1.82, 2.24) is 4.98 Å². The number of nitrogens with one attached hydrogen (secondary N) is 1. The van der Waals surface area contributed by atoms with E-state index in [1.54, 1.807) is 0 Å². The molecule has 6 nitrogen and oxygen atoms in total. The fourth-order valence-corrected chi connectivity index (χ4v) is 3.56. The normalized spacial score (nSPS) is 12.6. The Bertz CT molecular complexity index is 695. The van der Waals surface area contributed by atoms with Crippen molar-refractivity contribution in [3.8, 4) is 0 Å². The first-order chi connectivity index (χ1) is 9.22. The number of thiazole rings is 1. The Morgan fingerprint density at radius 2 is 2.10 bits per heavy atom. The minimum Gasteiger partial charge on any atom is -0.445 e. The molecule has 0 spiro atoms. The second kappa shape index (κ2) is 5.19. The SMILES string of the molecule is CC(C)(C)c1csc(NS(=O)(=O)c2ccc(CO)o2)n1. The summed E-state index contributed by atoms with van der Waals surface area (Å²) in [5.41, 5.74) is 0.672. The third-order valence-corrected chi connectivity index (χ3v) is 4.65. The summed E-state index contributed by atoms with van der Waals surface area (Å²) in [5.74, 6) is 0.194. The third kappa shape index (κ3) is 3.20. The minimum atomic E-state index is -3.81. The van der Waals surface area contributed by atoms with E-state index >= 15 is 0 Å². The predicted octanol–water partition coefficient (Wildman–Crippen LogP) is 2.33. The van der Waals surface area contributed by atoms with Gasteiger partial charge >= 0.3 is 0 Å². The molecule has 2 N–H and O–H groups in total. The van der Waals surface area contributed by atoms with E-state index in [4.69, 9.17) is 9.52 Å². The van der Waals surface area contributed by atoms with Gasteiger partial charge in [0, 0.05) is 10.8 Å². The molecular weight excluding hydrogens is 300 g/mol. The molecule has 20 heavy (non-hydrogen) atoms. The zero-order valence-corrected chi connectivity index (χ0v) is 13.0. The van der Waals surface area contributed by atoms with E-state index in [0.29, 0.717) is 0 Å². The molecule has 0 fully saturated rings. The number of furan rings is 1. The standard InChI is InChI=1S/C12H16N2O4S2/c1-12(2,3)9-7-19-11(13-9)14-20(16,17)10-5-4-8(6-15)18-10/h4-5,7,15H,6H2,1-3H3,(H,13,14). The van der Waals surface area contributed by atoms with Crippen LogP contribution in [0.2, 0.25) is 0 Å². The fraction of sp³-hybridized carbons (Fsp3) is 0.417. The van der Waals surface area contributed by atoms with Gasteiger partial charge in [0.05, 0.1) is 5.69 Å². The highest BCUT2D eigenvalue weighted by Crippen LogP contribution is 2.28. The molecule has 2 heterocycles. The molecule has 0 aromatic carbocycles. The van der Waals surface area contributed by atoms with Crippen molar-refractivity contribution in [3.05, 3.63) is 29.0 Å². The second-order valence-electron chi connectivity index (χ2n) is 5.27. The lowest BCUT2D eigenvalue weighted by Gasteiger charge is -2.14. The Labute approximate surface area is 121 Å². The molecule has 2 aromatic rings. The van der Waals surface area contributed by atoms with Gasteiger partial charge in [-0.3, -0.25) is 4.72 Å². The molecule has 0 radical (unpaired) electrons. The zero-order chi connectivity index (χ0) is 15.0. The van der Waals surface area contributed by atoms with Crippen LogP contribution in [0.3, 0.4) is 0 Å². The highest BCUT2D eigenvalue weighted by molar-refractivity contribution is 7.92. The van der Waals surface area contributed by atoms with Gasteiger partial charge in [0.2, 0.25) is 5.09 Å². The van der Waals surface area contributed by atoms with Gasteiger partial charge in [-0.05, 0) is 12.1 Å². The van der Waals surface area contributed by atoms with Crippen LogP contribution in [-0.2, 0) is 22.0 Å². The molecule has 8 heteroatoms. The lowest BCUT2D eigenvalue weighted by atomic mass is 9.93. The highest BCUT2D eigenvalue weighted by atomic mass is 32.2. The topological polar surface area (TPSA) is 92.4 Å². The van der Waals surface area contributed by atoms with Crippen LogP contribution in [0.5, 0.6) is 0 Å². The lowest BCUT2D eigenvalue weighted by Crippen LogP contribution is -2.14. The summed E-state index contributed by atoms with van der Waals surface area (Å²) >= 11 is 1.22. The Morgan fingerprint density at radius 3 is 2.60 bits per heavy atom. The van der Waals surface area contributed by atoms with E-state index in [0.717, 1.165) is 5.69 Å². The number of nitrogens with zero attached hydrogens (tertiary/aromatic N) is 1. The highest BCUT2D eigenvalue weighted by Gasteiger charge is 2.22. The molecule has 0 atom stereocenters. The Hall–Kier alpha value is -1.38. The molecule has 0 amide bonds. The number of hydrogen-bond acceptors (Lipinski definition) is 6. The van der Waals surface area contributed by atoms with Crippen molar-refractivity contribution >= 4 is 26.5 Å². The zero-order valence-electron chi connectivity index (χ0n) is 11.4. The van der Waals surface area contributed by atoms with Gasteiger partial charge in [-0.1, -0.05) is 20.8 Å². The number of rotatable bonds is 4. The van der Waals surface area contributed by atoms with Crippen molar-refractivity contribution in [2.45, 2.75) is 37.9 Å². The van der Waals surface area contributed by atoms with Crippen LogP contribution < -0.4 is 4.72 Å². The molecule has 2 aromatic heterocycles. The van der Waals surface area contributed by atoms with Crippen molar-refractivity contribution < 1.29 is 17.9 Å². The van der Waals surface area contributed by atoms with Gasteiger partial charge in [0.1, 0.15) is 12.4 Å². The molecule has 0 bridgehead atoms. The largest absolute Gasteiger partial charge is 0.445 e. The number of anilines is 1. The monoisotopic (exact) mass is 316 g/mol. The molecule has 110 valence electrons. The maximum absolute atomic E-state index is 12.1. The summed E-state index contributed by atoms with van der Waals surface area (Å²) in [4.78, 5) is 4.26. The molecule has 0 unspecified atom stereocenters. The van der Waals surface area contributed by atoms with E-state index in [1.165, 1.54) is 23.5 Å². The summed E-state index contributed by atoms with van der Waals surface area (Å²) in [7, 11) is -3.81. The predicted molar refractivity (Wildman–Crippen MR) is 76.3 cm³/mol. The summed E-state index contributed by atoms with van der Waals surface area (Å²) in [6.45, 7) is 5.65. The smallest absolute Gasteiger partial charge is 0.297 e. The van der Waals surface area contributed by atoms with Gasteiger partial charge in [0.25, 0.3) is 10.0 Å². The molecule has 0 saturated heterocycles. The lowest BCUT2D eigenvalue weighted by molar-refractivity contribution is 0.236. The Balaban J connectivity index is 2.22. The number of hydrogen-bond donors (Lipinski definition) is 2. The van der Waals surface area contributed by atoms with Crippen LogP contribution in [0, 0.1) is 0 Å². The molecule has 0 saturated carbocycles. The fourth-order valence-electron chi connectivity index (χ4n) is 1.42. The summed E-state index contributed by atoms with van der Waals surface area (Å²) in [6, 6.07) is 2.71. The van der Waals surface area contributed by atoms with E-state index in [2.05, 4.69) is 9.71 Å².